The number of halogens is 1. The Kier molecular flexibility index (Phi) is 9.81. The molecule has 0 radical (unpaired) electrons. The first-order valence-corrected chi connectivity index (χ1v) is 13.9. The van der Waals surface area contributed by atoms with Gasteiger partial charge in [-0.2, -0.15) is 5.10 Å². The Balaban J connectivity index is 1.48. The molecule has 3 aromatic carbocycles. The van der Waals surface area contributed by atoms with Crippen LogP contribution in [0.15, 0.2) is 88.4 Å². The molecule has 37 heavy (non-hydrogen) atoms. The van der Waals surface area contributed by atoms with Crippen LogP contribution in [0.25, 0.3) is 0 Å². The monoisotopic (exact) mass is 586 g/mol. The number of hydrogen-bond acceptors (Lipinski definition) is 6. The van der Waals surface area contributed by atoms with Gasteiger partial charge in [0.25, 0.3) is 11.8 Å². The van der Waals surface area contributed by atoms with E-state index in [0.29, 0.717) is 21.5 Å². The lowest BCUT2D eigenvalue weighted by atomic mass is 10.1. The van der Waals surface area contributed by atoms with Gasteiger partial charge in [-0.15, -0.1) is 0 Å². The molecule has 9 nitrogen and oxygen atoms in total. The van der Waals surface area contributed by atoms with Gasteiger partial charge in [0.05, 0.1) is 24.2 Å². The predicted molar refractivity (Wildman–Crippen MR) is 147 cm³/mol. The topological polar surface area (TPSA) is 117 Å². The number of hydrazone groups is 1. The summed E-state index contributed by atoms with van der Waals surface area (Å²) in [5.41, 5.74) is 4.35. The van der Waals surface area contributed by atoms with Crippen LogP contribution in [0, 0.1) is 0 Å². The Bertz CT molecular complexity index is 1350. The molecule has 0 aliphatic heterocycles. The second-order valence-electron chi connectivity index (χ2n) is 8.07. The molecule has 194 valence electrons. The van der Waals surface area contributed by atoms with Crippen LogP contribution in [-0.2, 0) is 19.6 Å². The molecular weight excluding hydrogens is 560 g/mol. The third-order valence-electron chi connectivity index (χ3n) is 5.14. The fraction of sp³-hybridized carbons (Fsp3) is 0.192. The van der Waals surface area contributed by atoms with Gasteiger partial charge in [-0.3, -0.25) is 13.9 Å². The molecule has 0 aliphatic carbocycles. The predicted octanol–water partition coefficient (Wildman–Crippen LogP) is 3.62. The van der Waals surface area contributed by atoms with Crippen molar-refractivity contribution in [2.75, 3.05) is 23.7 Å². The molecular formula is C26H27BrN4O5S. The van der Waals surface area contributed by atoms with Crippen LogP contribution >= 0.6 is 15.9 Å². The number of carbonyl (C=O) groups is 2. The summed E-state index contributed by atoms with van der Waals surface area (Å²) in [4.78, 5) is 24.5. The van der Waals surface area contributed by atoms with Crippen molar-refractivity contribution in [1.82, 2.24) is 10.7 Å². The lowest BCUT2D eigenvalue weighted by Crippen LogP contribution is -2.39. The number of nitrogens with one attached hydrogen (secondary N) is 2. The van der Waals surface area contributed by atoms with Crippen LogP contribution in [0.4, 0.5) is 5.69 Å². The van der Waals surface area contributed by atoms with Gasteiger partial charge in [-0.05, 0) is 70.4 Å². The molecule has 3 rings (SSSR count). The standard InChI is InChI=1S/C26H27BrN4O5S/c1-19(21-8-4-3-5-9-21)29-26(33)18-36-22-14-12-20(13-15-22)16-28-30-25(32)17-31(37(2,34)35)24-11-7-6-10-23(24)27/h3-16,19H,17-18H2,1-2H3,(H,29,33)(H,30,32)/b28-16-/t19-/m0/s1. The SMILES string of the molecule is C[C@H](NC(=O)COc1ccc(/C=N\NC(=O)CN(c2ccccc2Br)S(C)(=O)=O)cc1)c1ccccc1. The van der Waals surface area contributed by atoms with Gasteiger partial charge in [0.15, 0.2) is 6.61 Å². The van der Waals surface area contributed by atoms with Crippen molar-refractivity contribution < 1.29 is 22.7 Å². The van der Waals surface area contributed by atoms with Crippen LogP contribution in [0.1, 0.15) is 24.1 Å². The summed E-state index contributed by atoms with van der Waals surface area (Å²) in [6.45, 7) is 1.34. The number of hydrogen-bond donors (Lipinski definition) is 2. The van der Waals surface area contributed by atoms with Gasteiger partial charge in [0.2, 0.25) is 10.0 Å². The minimum Gasteiger partial charge on any atom is -0.484 e. The summed E-state index contributed by atoms with van der Waals surface area (Å²) >= 11 is 3.31. The van der Waals surface area contributed by atoms with E-state index in [1.807, 2.05) is 37.3 Å². The van der Waals surface area contributed by atoms with Crippen molar-refractivity contribution >= 4 is 49.7 Å². The van der Waals surface area contributed by atoms with Crippen molar-refractivity contribution in [2.24, 2.45) is 5.10 Å². The average molecular weight is 587 g/mol. The second kappa shape index (κ2) is 13.0. The zero-order valence-corrected chi connectivity index (χ0v) is 22.7. The van der Waals surface area contributed by atoms with E-state index in [0.717, 1.165) is 16.1 Å². The van der Waals surface area contributed by atoms with Gasteiger partial charge < -0.3 is 10.1 Å². The molecule has 0 saturated heterocycles. The third kappa shape index (κ3) is 8.72. The number of ether oxygens (including phenoxy) is 1. The molecule has 11 heteroatoms. The van der Waals surface area contributed by atoms with Crippen molar-refractivity contribution in [1.29, 1.82) is 0 Å². The Morgan fingerprint density at radius 2 is 1.65 bits per heavy atom. The molecule has 0 saturated carbocycles. The highest BCUT2D eigenvalue weighted by molar-refractivity contribution is 9.10. The zero-order chi connectivity index (χ0) is 26.8. The Hall–Kier alpha value is -3.70. The molecule has 2 N–H and O–H groups in total. The molecule has 0 unspecified atom stereocenters. The summed E-state index contributed by atoms with van der Waals surface area (Å²) in [7, 11) is -3.70. The van der Waals surface area contributed by atoms with Crippen molar-refractivity contribution in [3.8, 4) is 5.75 Å². The summed E-state index contributed by atoms with van der Waals surface area (Å²) < 4.78 is 31.5. The molecule has 3 aromatic rings. The fourth-order valence-corrected chi connectivity index (χ4v) is 4.77. The maximum atomic E-state index is 12.3. The Morgan fingerprint density at radius 3 is 2.30 bits per heavy atom. The minimum absolute atomic E-state index is 0.130. The van der Waals surface area contributed by atoms with E-state index in [1.54, 1.807) is 48.5 Å². The number of benzene rings is 3. The van der Waals surface area contributed by atoms with Gasteiger partial charge >= 0.3 is 0 Å². The van der Waals surface area contributed by atoms with Crippen molar-refractivity contribution in [2.45, 2.75) is 13.0 Å². The van der Waals surface area contributed by atoms with Crippen LogP contribution in [0.2, 0.25) is 0 Å². The summed E-state index contributed by atoms with van der Waals surface area (Å²) in [6.07, 6.45) is 2.44. The number of rotatable bonds is 11. The number of carbonyl (C=O) groups excluding carboxylic acids is 2. The third-order valence-corrected chi connectivity index (χ3v) is 6.94. The highest BCUT2D eigenvalue weighted by Crippen LogP contribution is 2.27. The van der Waals surface area contributed by atoms with Crippen LogP contribution in [0.3, 0.4) is 0 Å². The summed E-state index contributed by atoms with van der Waals surface area (Å²) in [6, 6.07) is 23.0. The molecule has 0 aromatic heterocycles. The molecule has 0 aliphatic rings. The number of sulfonamides is 1. The van der Waals surface area contributed by atoms with E-state index >= 15 is 0 Å². The van der Waals surface area contributed by atoms with Crippen LogP contribution < -0.4 is 19.8 Å². The molecule has 0 fully saturated rings. The van der Waals surface area contributed by atoms with Crippen LogP contribution in [0.5, 0.6) is 5.75 Å². The molecule has 0 spiro atoms. The normalized spacial score (nSPS) is 12.1. The summed E-state index contributed by atoms with van der Waals surface area (Å²) in [5, 5.41) is 6.78. The van der Waals surface area contributed by atoms with Gasteiger partial charge in [0, 0.05) is 4.47 Å². The first kappa shape index (κ1) is 27.9. The largest absolute Gasteiger partial charge is 0.484 e. The van der Waals surface area contributed by atoms with Crippen molar-refractivity contribution in [3.63, 3.8) is 0 Å². The zero-order valence-electron chi connectivity index (χ0n) is 20.3. The first-order valence-electron chi connectivity index (χ1n) is 11.2. The number of para-hydroxylation sites is 1. The molecule has 0 heterocycles. The minimum atomic E-state index is -3.70. The lowest BCUT2D eigenvalue weighted by Gasteiger charge is -2.22. The summed E-state index contributed by atoms with van der Waals surface area (Å²) in [5.74, 6) is -0.343. The van der Waals surface area contributed by atoms with E-state index < -0.39 is 22.5 Å². The van der Waals surface area contributed by atoms with Crippen molar-refractivity contribution in [3.05, 3.63) is 94.5 Å². The van der Waals surface area contributed by atoms with E-state index in [1.165, 1.54) is 6.21 Å². The smallest absolute Gasteiger partial charge is 0.260 e. The van der Waals surface area contributed by atoms with E-state index in [2.05, 4.69) is 31.8 Å². The van der Waals surface area contributed by atoms with E-state index in [9.17, 15) is 18.0 Å². The molecule has 0 bridgehead atoms. The number of amides is 2. The highest BCUT2D eigenvalue weighted by Gasteiger charge is 2.22. The van der Waals surface area contributed by atoms with Gasteiger partial charge in [0.1, 0.15) is 12.3 Å². The highest BCUT2D eigenvalue weighted by atomic mass is 79.9. The molecule has 1 atom stereocenters. The first-order chi connectivity index (χ1) is 17.6. The van der Waals surface area contributed by atoms with Gasteiger partial charge in [-0.25, -0.2) is 13.8 Å². The fourth-order valence-electron chi connectivity index (χ4n) is 3.29. The number of nitrogens with zero attached hydrogens (tertiary/aromatic N) is 2. The number of anilines is 1. The van der Waals surface area contributed by atoms with Crippen LogP contribution in [-0.4, -0.2) is 45.9 Å². The van der Waals surface area contributed by atoms with Gasteiger partial charge in [-0.1, -0.05) is 42.5 Å². The Morgan fingerprint density at radius 1 is 1.00 bits per heavy atom. The lowest BCUT2D eigenvalue weighted by molar-refractivity contribution is -0.123. The Labute approximate surface area is 224 Å². The maximum absolute atomic E-state index is 12.3. The quantitative estimate of drug-likeness (QED) is 0.263. The van der Waals surface area contributed by atoms with E-state index in [4.69, 9.17) is 4.74 Å². The van der Waals surface area contributed by atoms with E-state index in [-0.39, 0.29) is 18.6 Å². The average Bonchev–Trinajstić information content (AvgIpc) is 2.87. The molecule has 2 amide bonds. The maximum Gasteiger partial charge on any atom is 0.260 e. The second-order valence-corrected chi connectivity index (χ2v) is 10.8.